The zero-order valence-corrected chi connectivity index (χ0v) is 11.0. The second-order valence-electron chi connectivity index (χ2n) is 7.30. The highest BCUT2D eigenvalue weighted by molar-refractivity contribution is 5.92. The van der Waals surface area contributed by atoms with Gasteiger partial charge in [0.2, 0.25) is 0 Å². The molecule has 1 aliphatic heterocycles. The van der Waals surface area contributed by atoms with Crippen molar-refractivity contribution in [3.8, 4) is 0 Å². The van der Waals surface area contributed by atoms with E-state index in [0.29, 0.717) is 29.1 Å². The summed E-state index contributed by atoms with van der Waals surface area (Å²) in [4.78, 5) is 11.8. The Labute approximate surface area is 102 Å². The lowest BCUT2D eigenvalue weighted by Gasteiger charge is -2.43. The van der Waals surface area contributed by atoms with Crippen LogP contribution >= 0.6 is 0 Å². The van der Waals surface area contributed by atoms with Gasteiger partial charge in [-0.2, -0.15) is 0 Å². The maximum absolute atomic E-state index is 11.8. The van der Waals surface area contributed by atoms with Crippen LogP contribution in [0.1, 0.15) is 34.1 Å². The minimum atomic E-state index is 0.208. The lowest BCUT2D eigenvalue weighted by Crippen LogP contribution is -2.41. The molecule has 0 N–H and O–H groups in total. The summed E-state index contributed by atoms with van der Waals surface area (Å²) in [5.74, 6) is 2.21. The first kappa shape index (κ1) is 10.3. The van der Waals surface area contributed by atoms with Gasteiger partial charge >= 0.3 is 0 Å². The van der Waals surface area contributed by atoms with Crippen LogP contribution in [0.4, 0.5) is 0 Å². The van der Waals surface area contributed by atoms with Crippen LogP contribution in [-0.4, -0.2) is 18.0 Å². The molecule has 92 valence electrons. The molecule has 2 saturated carbocycles. The summed E-state index contributed by atoms with van der Waals surface area (Å²) >= 11 is 0. The summed E-state index contributed by atoms with van der Waals surface area (Å²) in [6.07, 6.45) is 3.33. The van der Waals surface area contributed by atoms with Crippen LogP contribution in [0.5, 0.6) is 0 Å². The third-order valence-electron chi connectivity index (χ3n) is 6.21. The number of allylic oxidation sites excluding steroid dienone is 1. The molecule has 0 bridgehead atoms. The molecule has 1 saturated heterocycles. The van der Waals surface area contributed by atoms with E-state index in [9.17, 15) is 4.79 Å². The first-order chi connectivity index (χ1) is 7.88. The molecular weight excluding hydrogens is 212 g/mol. The number of rotatable bonds is 0. The van der Waals surface area contributed by atoms with Gasteiger partial charge < -0.3 is 4.74 Å². The number of ether oxygens (including phenoxy) is 1. The zero-order valence-electron chi connectivity index (χ0n) is 11.0. The zero-order chi connectivity index (χ0) is 12.2. The number of hydrogen-bond donors (Lipinski definition) is 0. The fraction of sp³-hybridized carbons (Fsp3) is 0.800. The molecule has 2 nitrogen and oxygen atoms in total. The van der Waals surface area contributed by atoms with Crippen molar-refractivity contribution in [3.63, 3.8) is 0 Å². The first-order valence-electron chi connectivity index (χ1n) is 6.79. The van der Waals surface area contributed by atoms with E-state index in [1.165, 1.54) is 5.57 Å². The van der Waals surface area contributed by atoms with E-state index in [2.05, 4.69) is 27.7 Å². The Morgan fingerprint density at radius 3 is 2.76 bits per heavy atom. The van der Waals surface area contributed by atoms with E-state index >= 15 is 0 Å². The molecule has 4 rings (SSSR count). The van der Waals surface area contributed by atoms with Gasteiger partial charge in [-0.1, -0.05) is 27.7 Å². The molecule has 0 aromatic rings. The smallest absolute Gasteiger partial charge is 0.156 e. The lowest BCUT2D eigenvalue weighted by molar-refractivity contribution is -0.117. The second-order valence-corrected chi connectivity index (χ2v) is 7.30. The molecule has 2 heteroatoms. The third kappa shape index (κ3) is 0.965. The van der Waals surface area contributed by atoms with Crippen molar-refractivity contribution >= 4 is 5.78 Å². The van der Waals surface area contributed by atoms with Crippen molar-refractivity contribution in [3.05, 3.63) is 11.6 Å². The van der Waals surface area contributed by atoms with Gasteiger partial charge in [-0.15, -0.1) is 0 Å². The van der Waals surface area contributed by atoms with Crippen LogP contribution in [0.25, 0.3) is 0 Å². The highest BCUT2D eigenvalue weighted by Gasteiger charge is 2.79. The Kier molecular flexibility index (Phi) is 1.54. The van der Waals surface area contributed by atoms with Gasteiger partial charge in [0, 0.05) is 6.42 Å². The van der Waals surface area contributed by atoms with E-state index in [0.717, 1.165) is 12.3 Å². The fourth-order valence-corrected chi connectivity index (χ4v) is 5.14. The van der Waals surface area contributed by atoms with Crippen LogP contribution in [0.3, 0.4) is 0 Å². The van der Waals surface area contributed by atoms with Gasteiger partial charge in [0.25, 0.3) is 0 Å². The number of fused-ring (bicyclic) bond motifs is 6. The third-order valence-corrected chi connectivity index (χ3v) is 6.21. The molecule has 0 radical (unpaired) electrons. The van der Waals surface area contributed by atoms with Crippen LogP contribution in [0.15, 0.2) is 11.6 Å². The van der Waals surface area contributed by atoms with E-state index in [1.807, 2.05) is 6.08 Å². The Morgan fingerprint density at radius 1 is 1.35 bits per heavy atom. The number of hydrogen-bond acceptors (Lipinski definition) is 2. The van der Waals surface area contributed by atoms with Gasteiger partial charge in [-0.3, -0.25) is 4.79 Å². The Hall–Kier alpha value is -0.630. The van der Waals surface area contributed by atoms with E-state index in [-0.39, 0.29) is 11.5 Å². The first-order valence-corrected chi connectivity index (χ1v) is 6.79. The Balaban J connectivity index is 1.88. The number of ketones is 1. The quantitative estimate of drug-likeness (QED) is 0.601. The number of epoxide rings is 1. The van der Waals surface area contributed by atoms with Crippen molar-refractivity contribution in [2.45, 2.75) is 46.3 Å². The van der Waals surface area contributed by atoms with E-state index in [4.69, 9.17) is 4.74 Å². The van der Waals surface area contributed by atoms with Gasteiger partial charge in [-0.25, -0.2) is 0 Å². The van der Waals surface area contributed by atoms with Crippen LogP contribution in [0, 0.1) is 28.6 Å². The lowest BCUT2D eigenvalue weighted by atomic mass is 9.59. The molecule has 0 unspecified atom stereocenters. The summed E-state index contributed by atoms with van der Waals surface area (Å²) in [5, 5.41) is 0. The maximum atomic E-state index is 11.8. The summed E-state index contributed by atoms with van der Waals surface area (Å²) in [5.41, 5.74) is 1.93. The van der Waals surface area contributed by atoms with Crippen LogP contribution in [0.2, 0.25) is 0 Å². The molecule has 0 spiro atoms. The van der Waals surface area contributed by atoms with Crippen molar-refractivity contribution < 1.29 is 9.53 Å². The number of carbonyl (C=O) groups excluding carboxylic acids is 1. The van der Waals surface area contributed by atoms with Gasteiger partial charge in [0.15, 0.2) is 5.78 Å². The molecule has 1 heterocycles. The van der Waals surface area contributed by atoms with Crippen molar-refractivity contribution in [1.82, 2.24) is 0 Å². The minimum absolute atomic E-state index is 0.208. The molecule has 0 amide bonds. The van der Waals surface area contributed by atoms with Crippen LogP contribution in [-0.2, 0) is 9.53 Å². The summed E-state index contributed by atoms with van der Waals surface area (Å²) < 4.78 is 5.88. The van der Waals surface area contributed by atoms with Gasteiger partial charge in [-0.05, 0) is 40.2 Å². The molecule has 3 fully saturated rings. The molecule has 0 aromatic heterocycles. The largest absolute Gasteiger partial charge is 0.364 e. The molecule has 0 aromatic carbocycles. The highest BCUT2D eigenvalue weighted by Crippen LogP contribution is 2.78. The standard InChI is InChI=1S/C15H20O2/c1-7-5-8(16)6-9-11-12(17-11)10-13(14(10,2)3)15(7,9)4/h6-7,10-13H,5H2,1-4H3/t7-,10-,11+,12-,13+,15+/m0/s1. The average molecular weight is 232 g/mol. The van der Waals surface area contributed by atoms with Crippen molar-refractivity contribution in [2.24, 2.45) is 28.6 Å². The SMILES string of the molecule is C[C@H]1CC(=O)C=C2[C@H]3O[C@H]3[C@H]3[C@H](C3(C)C)[C@@]21C. The predicted molar refractivity (Wildman–Crippen MR) is 64.4 cm³/mol. The van der Waals surface area contributed by atoms with E-state index < -0.39 is 0 Å². The van der Waals surface area contributed by atoms with E-state index in [1.54, 1.807) is 0 Å². The highest BCUT2D eigenvalue weighted by atomic mass is 16.6. The Bertz CT molecular complexity index is 462. The normalized spacial score (nSPS) is 57.5. The number of carbonyl (C=O) groups is 1. The van der Waals surface area contributed by atoms with Crippen LogP contribution < -0.4 is 0 Å². The predicted octanol–water partition coefficient (Wildman–Crippen LogP) is 2.58. The van der Waals surface area contributed by atoms with Gasteiger partial charge in [0.05, 0.1) is 6.10 Å². The summed E-state index contributed by atoms with van der Waals surface area (Å²) in [7, 11) is 0. The summed E-state index contributed by atoms with van der Waals surface area (Å²) in [6.45, 7) is 9.37. The maximum Gasteiger partial charge on any atom is 0.156 e. The fourth-order valence-electron chi connectivity index (χ4n) is 5.14. The molecule has 3 aliphatic carbocycles. The van der Waals surface area contributed by atoms with Gasteiger partial charge in [0.1, 0.15) is 6.10 Å². The minimum Gasteiger partial charge on any atom is -0.364 e. The van der Waals surface area contributed by atoms with Crippen molar-refractivity contribution in [2.75, 3.05) is 0 Å². The average Bonchev–Trinajstić information content (AvgIpc) is 3.06. The molecule has 17 heavy (non-hydrogen) atoms. The second kappa shape index (κ2) is 2.54. The van der Waals surface area contributed by atoms with Crippen molar-refractivity contribution in [1.29, 1.82) is 0 Å². The summed E-state index contributed by atoms with van der Waals surface area (Å²) in [6, 6.07) is 0. The monoisotopic (exact) mass is 232 g/mol. The molecule has 6 atom stereocenters. The Morgan fingerprint density at radius 2 is 2.06 bits per heavy atom. The molecule has 4 aliphatic rings. The topological polar surface area (TPSA) is 29.6 Å². The molecular formula is C15H20O2.